The number of amides is 1. The lowest BCUT2D eigenvalue weighted by Crippen LogP contribution is -2.38. The molecular weight excluding hydrogens is 328 g/mol. The van der Waals surface area contributed by atoms with Crippen LogP contribution in [0.15, 0.2) is 30.6 Å². The molecule has 0 N–H and O–H groups in total. The van der Waals surface area contributed by atoms with Gasteiger partial charge in [0.15, 0.2) is 0 Å². The average molecular weight is 356 g/mol. The van der Waals surface area contributed by atoms with Crippen molar-refractivity contribution >= 4 is 5.91 Å². The number of likely N-dealkylation sites (tertiary alicyclic amines) is 1. The first-order chi connectivity index (χ1) is 12.6. The molecular formula is C20H28N4O2. The third-order valence-corrected chi connectivity index (χ3v) is 5.17. The maximum Gasteiger partial charge on any atom is 0.222 e. The maximum absolute atomic E-state index is 12.6. The van der Waals surface area contributed by atoms with Crippen LogP contribution in [0.5, 0.6) is 5.75 Å². The summed E-state index contributed by atoms with van der Waals surface area (Å²) >= 11 is 0. The minimum Gasteiger partial charge on any atom is -0.496 e. The predicted molar refractivity (Wildman–Crippen MR) is 100 cm³/mol. The molecule has 1 aliphatic heterocycles. The van der Waals surface area contributed by atoms with Gasteiger partial charge in [-0.05, 0) is 44.7 Å². The Labute approximate surface area is 155 Å². The van der Waals surface area contributed by atoms with Crippen molar-refractivity contribution in [2.75, 3.05) is 20.2 Å². The van der Waals surface area contributed by atoms with Crippen LogP contribution in [0.4, 0.5) is 0 Å². The lowest BCUT2D eigenvalue weighted by Gasteiger charge is -2.32. The summed E-state index contributed by atoms with van der Waals surface area (Å²) in [5.74, 6) is 2.52. The monoisotopic (exact) mass is 356 g/mol. The van der Waals surface area contributed by atoms with Gasteiger partial charge in [-0.15, -0.1) is 10.2 Å². The molecule has 0 bridgehead atoms. The van der Waals surface area contributed by atoms with Gasteiger partial charge in [-0.1, -0.05) is 18.2 Å². The van der Waals surface area contributed by atoms with Gasteiger partial charge in [0.1, 0.15) is 17.9 Å². The first-order valence-corrected chi connectivity index (χ1v) is 9.39. The Bertz CT molecular complexity index is 733. The highest BCUT2D eigenvalue weighted by molar-refractivity contribution is 5.76. The summed E-state index contributed by atoms with van der Waals surface area (Å²) in [6.07, 6.45) is 4.94. The van der Waals surface area contributed by atoms with Gasteiger partial charge in [0.25, 0.3) is 0 Å². The number of hydrogen-bond acceptors (Lipinski definition) is 4. The van der Waals surface area contributed by atoms with E-state index in [4.69, 9.17) is 4.74 Å². The highest BCUT2D eigenvalue weighted by atomic mass is 16.5. The minimum atomic E-state index is 0.222. The van der Waals surface area contributed by atoms with E-state index in [1.54, 1.807) is 7.11 Å². The van der Waals surface area contributed by atoms with Crippen LogP contribution in [-0.2, 0) is 11.2 Å². The quantitative estimate of drug-likeness (QED) is 0.797. The largest absolute Gasteiger partial charge is 0.496 e. The standard InChI is InChI=1S/C20H28N4O2/c1-15(2)24-14-21-22-20(24)17-10-12-23(13-11-17)19(25)9-8-16-6-4-5-7-18(16)26-3/h4-7,14-15,17H,8-13H2,1-3H3. The van der Waals surface area contributed by atoms with Crippen molar-refractivity contribution in [3.63, 3.8) is 0 Å². The number of aromatic nitrogens is 3. The van der Waals surface area contributed by atoms with E-state index in [0.29, 0.717) is 24.8 Å². The Morgan fingerprint density at radius 1 is 1.27 bits per heavy atom. The zero-order chi connectivity index (χ0) is 18.5. The SMILES string of the molecule is COc1ccccc1CCC(=O)N1CCC(c2nncn2C(C)C)CC1. The van der Waals surface area contributed by atoms with Crippen LogP contribution in [0.2, 0.25) is 0 Å². The van der Waals surface area contributed by atoms with E-state index in [1.807, 2.05) is 35.5 Å². The molecule has 0 spiro atoms. The number of para-hydroxylation sites is 1. The molecule has 3 rings (SSSR count). The summed E-state index contributed by atoms with van der Waals surface area (Å²) < 4.78 is 7.51. The van der Waals surface area contributed by atoms with Gasteiger partial charge in [0, 0.05) is 31.5 Å². The first kappa shape index (κ1) is 18.4. The molecule has 0 atom stereocenters. The summed E-state index contributed by atoms with van der Waals surface area (Å²) in [5, 5.41) is 8.39. The third-order valence-electron chi connectivity index (χ3n) is 5.17. The van der Waals surface area contributed by atoms with Crippen LogP contribution in [0.3, 0.4) is 0 Å². The summed E-state index contributed by atoms with van der Waals surface area (Å²) in [6.45, 7) is 5.87. The van der Waals surface area contributed by atoms with Crippen LogP contribution >= 0.6 is 0 Å². The van der Waals surface area contributed by atoms with Crippen LogP contribution in [0.25, 0.3) is 0 Å². The number of aryl methyl sites for hydroxylation is 1. The molecule has 2 heterocycles. The molecule has 0 saturated carbocycles. The van der Waals surface area contributed by atoms with Crippen molar-refractivity contribution in [3.8, 4) is 5.75 Å². The highest BCUT2D eigenvalue weighted by Crippen LogP contribution is 2.28. The number of benzene rings is 1. The molecule has 1 saturated heterocycles. The molecule has 140 valence electrons. The van der Waals surface area contributed by atoms with Crippen molar-refractivity contribution in [2.24, 2.45) is 0 Å². The van der Waals surface area contributed by atoms with Crippen molar-refractivity contribution in [2.45, 2.75) is 51.5 Å². The molecule has 1 amide bonds. The number of rotatable bonds is 6. The molecule has 0 aliphatic carbocycles. The molecule has 0 unspecified atom stereocenters. The van der Waals surface area contributed by atoms with Gasteiger partial charge >= 0.3 is 0 Å². The summed E-state index contributed by atoms with van der Waals surface area (Å²) in [5.41, 5.74) is 1.09. The van der Waals surface area contributed by atoms with E-state index < -0.39 is 0 Å². The van der Waals surface area contributed by atoms with E-state index >= 15 is 0 Å². The lowest BCUT2D eigenvalue weighted by molar-refractivity contribution is -0.132. The molecule has 0 radical (unpaired) electrons. The van der Waals surface area contributed by atoms with Crippen LogP contribution in [0.1, 0.15) is 56.5 Å². The van der Waals surface area contributed by atoms with Crippen molar-refractivity contribution in [3.05, 3.63) is 42.0 Å². The van der Waals surface area contributed by atoms with Gasteiger partial charge in [-0.25, -0.2) is 0 Å². The number of ether oxygens (including phenoxy) is 1. The zero-order valence-electron chi connectivity index (χ0n) is 15.9. The molecule has 2 aromatic rings. The fraction of sp³-hybridized carbons (Fsp3) is 0.550. The zero-order valence-corrected chi connectivity index (χ0v) is 15.9. The summed E-state index contributed by atoms with van der Waals surface area (Å²) in [7, 11) is 1.67. The molecule has 1 aliphatic rings. The number of nitrogens with zero attached hydrogens (tertiary/aromatic N) is 4. The lowest BCUT2D eigenvalue weighted by atomic mass is 9.95. The fourth-order valence-corrected chi connectivity index (χ4v) is 3.64. The van der Waals surface area contributed by atoms with Gasteiger partial charge < -0.3 is 14.2 Å². The second-order valence-corrected chi connectivity index (χ2v) is 7.16. The molecule has 6 heteroatoms. The van der Waals surface area contributed by atoms with Crippen molar-refractivity contribution < 1.29 is 9.53 Å². The van der Waals surface area contributed by atoms with Crippen molar-refractivity contribution in [1.29, 1.82) is 0 Å². The second kappa shape index (κ2) is 8.34. The Kier molecular flexibility index (Phi) is 5.91. The van der Waals surface area contributed by atoms with E-state index in [2.05, 4.69) is 28.6 Å². The van der Waals surface area contributed by atoms with E-state index in [-0.39, 0.29) is 5.91 Å². The average Bonchev–Trinajstić information content (AvgIpc) is 3.16. The number of piperidine rings is 1. The molecule has 6 nitrogen and oxygen atoms in total. The number of carbonyl (C=O) groups excluding carboxylic acids is 1. The van der Waals surface area contributed by atoms with E-state index in [9.17, 15) is 4.79 Å². The Morgan fingerprint density at radius 3 is 2.69 bits per heavy atom. The molecule has 1 aromatic heterocycles. The van der Waals surface area contributed by atoms with Crippen LogP contribution in [-0.4, -0.2) is 45.8 Å². The smallest absolute Gasteiger partial charge is 0.222 e. The van der Waals surface area contributed by atoms with Gasteiger partial charge in [0.2, 0.25) is 5.91 Å². The number of carbonyl (C=O) groups is 1. The minimum absolute atomic E-state index is 0.222. The highest BCUT2D eigenvalue weighted by Gasteiger charge is 2.27. The van der Waals surface area contributed by atoms with Crippen LogP contribution in [0, 0.1) is 0 Å². The fourth-order valence-electron chi connectivity index (χ4n) is 3.64. The third kappa shape index (κ3) is 4.06. The Hall–Kier alpha value is -2.37. The Balaban J connectivity index is 1.53. The van der Waals surface area contributed by atoms with Crippen LogP contribution < -0.4 is 4.74 Å². The normalized spacial score (nSPS) is 15.5. The number of hydrogen-bond donors (Lipinski definition) is 0. The molecule has 1 aromatic carbocycles. The van der Waals surface area contributed by atoms with E-state index in [1.165, 1.54) is 0 Å². The summed E-state index contributed by atoms with van der Waals surface area (Å²) in [4.78, 5) is 14.6. The predicted octanol–water partition coefficient (Wildman–Crippen LogP) is 3.21. The van der Waals surface area contributed by atoms with Crippen molar-refractivity contribution in [1.82, 2.24) is 19.7 Å². The van der Waals surface area contributed by atoms with Gasteiger partial charge in [-0.3, -0.25) is 4.79 Å². The Morgan fingerprint density at radius 2 is 2.00 bits per heavy atom. The summed E-state index contributed by atoms with van der Waals surface area (Å²) in [6, 6.07) is 8.26. The van der Waals surface area contributed by atoms with E-state index in [0.717, 1.165) is 43.1 Å². The molecule has 26 heavy (non-hydrogen) atoms. The first-order valence-electron chi connectivity index (χ1n) is 9.39. The maximum atomic E-state index is 12.6. The van der Waals surface area contributed by atoms with Gasteiger partial charge in [0.05, 0.1) is 7.11 Å². The second-order valence-electron chi connectivity index (χ2n) is 7.16. The number of methoxy groups -OCH3 is 1. The topological polar surface area (TPSA) is 60.2 Å². The van der Waals surface area contributed by atoms with Gasteiger partial charge in [-0.2, -0.15) is 0 Å². The molecule has 1 fully saturated rings.